The van der Waals surface area contributed by atoms with E-state index in [4.69, 9.17) is 10.8 Å². The average molecular weight is 390 g/mol. The maximum absolute atomic E-state index is 12.3. The Kier molecular flexibility index (Phi) is 6.72. The van der Waals surface area contributed by atoms with Gasteiger partial charge in [-0.25, -0.2) is 4.79 Å². The first-order valence-electron chi connectivity index (χ1n) is 8.55. The number of hydrogen-bond acceptors (Lipinski definition) is 5. The Bertz CT molecular complexity index is 893. The first-order valence-corrected chi connectivity index (χ1v) is 8.55. The van der Waals surface area contributed by atoms with Crippen LogP contribution < -0.4 is 16.4 Å². The van der Waals surface area contributed by atoms with E-state index in [1.807, 2.05) is 24.3 Å². The molecule has 2 rings (SSSR count). The van der Waals surface area contributed by atoms with Crippen LogP contribution in [0.25, 0.3) is 10.9 Å². The van der Waals surface area contributed by atoms with Gasteiger partial charge < -0.3 is 31.6 Å². The molecule has 10 heteroatoms. The first kappa shape index (κ1) is 20.9. The van der Waals surface area contributed by atoms with E-state index in [1.165, 1.54) is 6.92 Å². The number of fused-ring (bicyclic) bond motifs is 1. The van der Waals surface area contributed by atoms with Gasteiger partial charge in [0, 0.05) is 23.5 Å². The highest BCUT2D eigenvalue weighted by Gasteiger charge is 2.26. The summed E-state index contributed by atoms with van der Waals surface area (Å²) in [6.07, 6.45) is 1.14. The lowest BCUT2D eigenvalue weighted by Crippen LogP contribution is -2.53. The molecule has 0 radical (unpaired) electrons. The Hall–Kier alpha value is -3.40. The van der Waals surface area contributed by atoms with Gasteiger partial charge in [-0.15, -0.1) is 0 Å². The van der Waals surface area contributed by atoms with Gasteiger partial charge in [0.1, 0.15) is 12.1 Å². The highest BCUT2D eigenvalue weighted by molar-refractivity contribution is 5.93. The van der Waals surface area contributed by atoms with Crippen molar-refractivity contribution in [3.63, 3.8) is 0 Å². The fourth-order valence-corrected chi connectivity index (χ4v) is 2.68. The summed E-state index contributed by atoms with van der Waals surface area (Å²) in [5, 5.41) is 23.6. The zero-order valence-corrected chi connectivity index (χ0v) is 15.1. The molecule has 3 atom stereocenters. The summed E-state index contributed by atoms with van der Waals surface area (Å²) in [4.78, 5) is 49.3. The third-order valence-electron chi connectivity index (χ3n) is 4.20. The van der Waals surface area contributed by atoms with Crippen LogP contribution in [0.1, 0.15) is 18.9 Å². The summed E-state index contributed by atoms with van der Waals surface area (Å²) in [6.45, 7) is 1.35. The van der Waals surface area contributed by atoms with Crippen LogP contribution in [0.2, 0.25) is 0 Å². The third kappa shape index (κ3) is 5.30. The molecule has 1 heterocycles. The SMILES string of the molecule is CC(NC(=O)C(N)CC(=O)O)C(=O)NC(Cc1c[nH]c2ccccc12)C(=O)O. The van der Waals surface area contributed by atoms with Gasteiger partial charge in [0.25, 0.3) is 0 Å². The van der Waals surface area contributed by atoms with Gasteiger partial charge in [0.2, 0.25) is 11.8 Å². The minimum absolute atomic E-state index is 0.0459. The number of carbonyl (C=O) groups excluding carboxylic acids is 2. The monoisotopic (exact) mass is 390 g/mol. The van der Waals surface area contributed by atoms with Gasteiger partial charge in [-0.3, -0.25) is 14.4 Å². The van der Waals surface area contributed by atoms with Gasteiger partial charge in [-0.1, -0.05) is 18.2 Å². The largest absolute Gasteiger partial charge is 0.481 e. The zero-order valence-electron chi connectivity index (χ0n) is 15.1. The van der Waals surface area contributed by atoms with Crippen molar-refractivity contribution in [1.29, 1.82) is 0 Å². The maximum Gasteiger partial charge on any atom is 0.326 e. The van der Waals surface area contributed by atoms with Gasteiger partial charge in [-0.2, -0.15) is 0 Å². The molecule has 150 valence electrons. The van der Waals surface area contributed by atoms with Gasteiger partial charge in [0.15, 0.2) is 0 Å². The second-order valence-corrected chi connectivity index (χ2v) is 6.40. The van der Waals surface area contributed by atoms with Crippen LogP contribution in [-0.4, -0.2) is 57.1 Å². The summed E-state index contributed by atoms with van der Waals surface area (Å²) < 4.78 is 0. The molecule has 3 unspecified atom stereocenters. The summed E-state index contributed by atoms with van der Waals surface area (Å²) in [5.41, 5.74) is 7.01. The smallest absolute Gasteiger partial charge is 0.326 e. The number of carbonyl (C=O) groups is 4. The van der Waals surface area contributed by atoms with Crippen molar-refractivity contribution < 1.29 is 29.4 Å². The van der Waals surface area contributed by atoms with Gasteiger partial charge in [0.05, 0.1) is 12.5 Å². The summed E-state index contributed by atoms with van der Waals surface area (Å²) in [5.74, 6) is -4.00. The number of nitrogens with one attached hydrogen (secondary N) is 3. The molecule has 0 saturated carbocycles. The second kappa shape index (κ2) is 9.00. The van der Waals surface area contributed by atoms with Crippen LogP contribution in [0.3, 0.4) is 0 Å². The number of carboxylic acid groups (broad SMARTS) is 2. The molecule has 0 aliphatic heterocycles. The molecule has 0 fully saturated rings. The Balaban J connectivity index is 2.01. The van der Waals surface area contributed by atoms with Gasteiger partial charge in [-0.05, 0) is 18.6 Å². The molecule has 1 aromatic carbocycles. The lowest BCUT2D eigenvalue weighted by atomic mass is 10.0. The molecule has 0 aliphatic carbocycles. The first-order chi connectivity index (χ1) is 13.2. The van der Waals surface area contributed by atoms with Crippen LogP contribution >= 0.6 is 0 Å². The topological polar surface area (TPSA) is 175 Å². The predicted octanol–water partition coefficient (Wildman–Crippen LogP) is -0.413. The average Bonchev–Trinajstić information content (AvgIpc) is 3.03. The molecule has 7 N–H and O–H groups in total. The number of rotatable bonds is 9. The molecular formula is C18H22N4O6. The second-order valence-electron chi connectivity index (χ2n) is 6.40. The normalized spacial score (nSPS) is 14.1. The highest BCUT2D eigenvalue weighted by Crippen LogP contribution is 2.19. The Labute approximate surface area is 160 Å². The molecule has 2 amide bonds. The molecule has 10 nitrogen and oxygen atoms in total. The molecule has 1 aromatic heterocycles. The number of aromatic nitrogens is 1. The Morgan fingerprint density at radius 1 is 1.11 bits per heavy atom. The minimum Gasteiger partial charge on any atom is -0.481 e. The van der Waals surface area contributed by atoms with E-state index in [0.29, 0.717) is 0 Å². The van der Waals surface area contributed by atoms with Crippen molar-refractivity contribution in [2.24, 2.45) is 5.73 Å². The van der Waals surface area contributed by atoms with E-state index in [2.05, 4.69) is 15.6 Å². The van der Waals surface area contributed by atoms with Crippen LogP contribution in [0.15, 0.2) is 30.5 Å². The summed E-state index contributed by atoms with van der Waals surface area (Å²) >= 11 is 0. The number of aliphatic carboxylic acids is 2. The maximum atomic E-state index is 12.3. The molecule has 0 aliphatic rings. The molecule has 0 spiro atoms. The number of benzene rings is 1. The van der Waals surface area contributed by atoms with Crippen LogP contribution in [0.4, 0.5) is 0 Å². The number of amides is 2. The quantitative estimate of drug-likeness (QED) is 0.337. The number of H-pyrrole nitrogens is 1. The van der Waals surface area contributed by atoms with Crippen LogP contribution in [0, 0.1) is 0 Å². The number of nitrogens with two attached hydrogens (primary N) is 1. The number of hydrogen-bond donors (Lipinski definition) is 6. The van der Waals surface area contributed by atoms with E-state index in [0.717, 1.165) is 16.5 Å². The Morgan fingerprint density at radius 2 is 1.79 bits per heavy atom. The standard InChI is InChI=1S/C18H22N4O6/c1-9(21-17(26)12(19)7-15(23)24)16(25)22-14(18(27)28)6-10-8-20-13-5-3-2-4-11(10)13/h2-5,8-9,12,14,20H,6-7,19H2,1H3,(H,21,26)(H,22,25)(H,23,24)(H,27,28). The van der Waals surface area contributed by atoms with Crippen molar-refractivity contribution >= 4 is 34.7 Å². The van der Waals surface area contributed by atoms with Crippen molar-refractivity contribution in [1.82, 2.24) is 15.6 Å². The fraction of sp³-hybridized carbons (Fsp3) is 0.333. The van der Waals surface area contributed by atoms with Crippen LogP contribution in [-0.2, 0) is 25.6 Å². The Morgan fingerprint density at radius 3 is 2.43 bits per heavy atom. The fourth-order valence-electron chi connectivity index (χ4n) is 2.68. The van der Waals surface area contributed by atoms with Crippen molar-refractivity contribution in [3.05, 3.63) is 36.0 Å². The number of carboxylic acids is 2. The third-order valence-corrected chi connectivity index (χ3v) is 4.20. The molecular weight excluding hydrogens is 368 g/mol. The molecule has 2 aromatic rings. The van der Waals surface area contributed by atoms with E-state index < -0.39 is 48.3 Å². The zero-order chi connectivity index (χ0) is 20.8. The number of aromatic amines is 1. The summed E-state index contributed by atoms with van der Waals surface area (Å²) in [6, 6.07) is 3.76. The molecule has 0 saturated heterocycles. The molecule has 28 heavy (non-hydrogen) atoms. The van der Waals surface area contributed by atoms with Crippen LogP contribution in [0.5, 0.6) is 0 Å². The predicted molar refractivity (Wildman–Crippen MR) is 99.4 cm³/mol. The lowest BCUT2D eigenvalue weighted by Gasteiger charge is -2.20. The lowest BCUT2D eigenvalue weighted by molar-refractivity contribution is -0.142. The van der Waals surface area contributed by atoms with E-state index in [9.17, 15) is 24.3 Å². The molecule has 0 bridgehead atoms. The van der Waals surface area contributed by atoms with Gasteiger partial charge >= 0.3 is 11.9 Å². The van der Waals surface area contributed by atoms with E-state index >= 15 is 0 Å². The summed E-state index contributed by atoms with van der Waals surface area (Å²) in [7, 11) is 0. The van der Waals surface area contributed by atoms with Crippen molar-refractivity contribution in [2.45, 2.75) is 37.9 Å². The van der Waals surface area contributed by atoms with E-state index in [1.54, 1.807) is 6.20 Å². The highest BCUT2D eigenvalue weighted by atomic mass is 16.4. The number of para-hydroxylation sites is 1. The van der Waals surface area contributed by atoms with E-state index in [-0.39, 0.29) is 6.42 Å². The van der Waals surface area contributed by atoms with Crippen molar-refractivity contribution in [3.8, 4) is 0 Å². The van der Waals surface area contributed by atoms with Crippen molar-refractivity contribution in [2.75, 3.05) is 0 Å². The minimum atomic E-state index is -1.31.